The summed E-state index contributed by atoms with van der Waals surface area (Å²) in [6, 6.07) is 36.4. The van der Waals surface area contributed by atoms with E-state index in [9.17, 15) is 8.42 Å². The first-order chi connectivity index (χ1) is 19.6. The standard InChI is InChI=1S/C33H36N2O4S/c36-40(37,30-17-8-3-9-18-30)34-31-19-10-11-20-32(31)38-26-12-23-35-24-21-29(22-25-35)39-33(27-13-4-1-5-14-27)28-15-6-2-7-16-28/h1-11,13-20,29,33-34H,12,21-26H2. The van der Waals surface area contributed by atoms with Crippen LogP contribution >= 0.6 is 0 Å². The molecule has 1 heterocycles. The molecule has 1 N–H and O–H groups in total. The average molecular weight is 557 g/mol. The van der Waals surface area contributed by atoms with Crippen molar-refractivity contribution in [2.75, 3.05) is 31.0 Å². The number of likely N-dealkylation sites (tertiary alicyclic amines) is 1. The highest BCUT2D eigenvalue weighted by molar-refractivity contribution is 7.92. The third-order valence-electron chi connectivity index (χ3n) is 7.13. The highest BCUT2D eigenvalue weighted by Crippen LogP contribution is 2.30. The Morgan fingerprint density at radius 3 is 1.93 bits per heavy atom. The van der Waals surface area contributed by atoms with E-state index in [1.807, 2.05) is 18.2 Å². The van der Waals surface area contributed by atoms with Crippen molar-refractivity contribution in [3.8, 4) is 5.75 Å². The summed E-state index contributed by atoms with van der Waals surface area (Å²) in [4.78, 5) is 2.67. The molecule has 0 aliphatic carbocycles. The number of hydrogen-bond donors (Lipinski definition) is 1. The largest absolute Gasteiger partial charge is 0.491 e. The van der Waals surface area contributed by atoms with Crippen LogP contribution in [0, 0.1) is 0 Å². The van der Waals surface area contributed by atoms with Gasteiger partial charge in [0.15, 0.2) is 0 Å². The maximum Gasteiger partial charge on any atom is 0.262 e. The van der Waals surface area contributed by atoms with Crippen LogP contribution in [0.5, 0.6) is 5.75 Å². The van der Waals surface area contributed by atoms with Crippen molar-refractivity contribution < 1.29 is 17.9 Å². The molecule has 0 saturated carbocycles. The minimum absolute atomic E-state index is 0.0632. The lowest BCUT2D eigenvalue weighted by atomic mass is 10.00. The second-order valence-corrected chi connectivity index (χ2v) is 11.7. The van der Waals surface area contributed by atoms with Crippen molar-refractivity contribution in [1.82, 2.24) is 4.90 Å². The molecule has 0 unspecified atom stereocenters. The van der Waals surface area contributed by atoms with Gasteiger partial charge in [0.1, 0.15) is 11.9 Å². The van der Waals surface area contributed by atoms with E-state index >= 15 is 0 Å². The Labute approximate surface area is 237 Å². The summed E-state index contributed by atoms with van der Waals surface area (Å²) in [5.41, 5.74) is 2.80. The molecular weight excluding hydrogens is 520 g/mol. The van der Waals surface area contributed by atoms with Crippen molar-refractivity contribution in [1.29, 1.82) is 0 Å². The molecule has 1 saturated heterocycles. The second-order valence-electron chi connectivity index (χ2n) is 10.00. The summed E-state index contributed by atoms with van der Waals surface area (Å²) >= 11 is 0. The van der Waals surface area contributed by atoms with E-state index < -0.39 is 10.0 Å². The van der Waals surface area contributed by atoms with Crippen LogP contribution in [0.2, 0.25) is 0 Å². The molecule has 208 valence electrons. The number of nitrogens with zero attached hydrogens (tertiary/aromatic N) is 1. The molecule has 0 atom stereocenters. The van der Waals surface area contributed by atoms with Gasteiger partial charge in [0.25, 0.3) is 10.0 Å². The summed E-state index contributed by atoms with van der Waals surface area (Å²) in [6.07, 6.45) is 2.97. The van der Waals surface area contributed by atoms with Gasteiger partial charge in [0.2, 0.25) is 0 Å². The molecule has 1 aliphatic rings. The van der Waals surface area contributed by atoms with E-state index in [1.54, 1.807) is 48.5 Å². The van der Waals surface area contributed by atoms with Crippen LogP contribution in [-0.4, -0.2) is 45.7 Å². The predicted molar refractivity (Wildman–Crippen MR) is 159 cm³/mol. The summed E-state index contributed by atoms with van der Waals surface area (Å²) in [7, 11) is -3.68. The molecule has 7 heteroatoms. The van der Waals surface area contributed by atoms with Crippen molar-refractivity contribution >= 4 is 15.7 Å². The summed E-state index contributed by atoms with van der Waals surface area (Å²) in [5, 5.41) is 0. The lowest BCUT2D eigenvalue weighted by Gasteiger charge is -2.34. The summed E-state index contributed by atoms with van der Waals surface area (Å²) in [5.74, 6) is 0.530. The van der Waals surface area contributed by atoms with E-state index in [0.717, 1.165) is 38.9 Å². The van der Waals surface area contributed by atoms with Gasteiger partial charge in [-0.3, -0.25) is 4.72 Å². The van der Waals surface area contributed by atoms with Crippen molar-refractivity contribution in [3.63, 3.8) is 0 Å². The Morgan fingerprint density at radius 1 is 0.750 bits per heavy atom. The Bertz CT molecular complexity index is 1390. The van der Waals surface area contributed by atoms with Gasteiger partial charge in [-0.25, -0.2) is 8.42 Å². The molecule has 4 aromatic carbocycles. The zero-order valence-corrected chi connectivity index (χ0v) is 23.4. The fourth-order valence-electron chi connectivity index (χ4n) is 5.02. The SMILES string of the molecule is O=S(=O)(Nc1ccccc1OCCCN1CCC(OC(c2ccccc2)c2ccccc2)CC1)c1ccccc1. The van der Waals surface area contributed by atoms with Gasteiger partial charge < -0.3 is 14.4 Å². The zero-order valence-electron chi connectivity index (χ0n) is 22.6. The molecule has 40 heavy (non-hydrogen) atoms. The maximum atomic E-state index is 12.8. The Morgan fingerprint density at radius 2 is 1.30 bits per heavy atom. The smallest absolute Gasteiger partial charge is 0.262 e. The minimum atomic E-state index is -3.68. The number of nitrogens with one attached hydrogen (secondary N) is 1. The Hall–Kier alpha value is -3.65. The molecule has 0 aromatic heterocycles. The fourth-order valence-corrected chi connectivity index (χ4v) is 6.11. The Kier molecular flexibility index (Phi) is 9.50. The molecule has 6 nitrogen and oxygen atoms in total. The van der Waals surface area contributed by atoms with Gasteiger partial charge in [0, 0.05) is 19.6 Å². The number of piperidine rings is 1. The van der Waals surface area contributed by atoms with E-state index in [4.69, 9.17) is 9.47 Å². The van der Waals surface area contributed by atoms with Crippen molar-refractivity contribution in [3.05, 3.63) is 126 Å². The van der Waals surface area contributed by atoms with Crippen LogP contribution in [0.15, 0.2) is 120 Å². The van der Waals surface area contributed by atoms with Gasteiger partial charge in [-0.15, -0.1) is 0 Å². The van der Waals surface area contributed by atoms with Crippen LogP contribution in [-0.2, 0) is 14.8 Å². The number of para-hydroxylation sites is 2. The number of anilines is 1. The summed E-state index contributed by atoms with van der Waals surface area (Å²) < 4.78 is 40.9. The molecule has 0 amide bonds. The van der Waals surface area contributed by atoms with Crippen LogP contribution in [0.25, 0.3) is 0 Å². The lowest BCUT2D eigenvalue weighted by molar-refractivity contribution is -0.0273. The first-order valence-electron chi connectivity index (χ1n) is 13.9. The third kappa shape index (κ3) is 7.50. The van der Waals surface area contributed by atoms with Gasteiger partial charge in [-0.2, -0.15) is 0 Å². The number of ether oxygens (including phenoxy) is 2. The number of hydrogen-bond acceptors (Lipinski definition) is 5. The lowest BCUT2D eigenvalue weighted by Crippen LogP contribution is -2.38. The number of rotatable bonds is 12. The number of sulfonamides is 1. The number of benzene rings is 4. The van der Waals surface area contributed by atoms with Gasteiger partial charge in [0.05, 0.1) is 23.3 Å². The highest BCUT2D eigenvalue weighted by Gasteiger charge is 2.24. The van der Waals surface area contributed by atoms with Crippen molar-refractivity contribution in [2.24, 2.45) is 0 Å². The third-order valence-corrected chi connectivity index (χ3v) is 8.51. The van der Waals surface area contributed by atoms with Gasteiger partial charge in [-0.05, 0) is 54.7 Å². The molecule has 0 bridgehead atoms. The van der Waals surface area contributed by atoms with E-state index in [1.165, 1.54) is 11.1 Å². The monoisotopic (exact) mass is 556 g/mol. The normalized spacial score (nSPS) is 14.7. The topological polar surface area (TPSA) is 67.9 Å². The second kappa shape index (κ2) is 13.6. The first kappa shape index (κ1) is 27.9. The highest BCUT2D eigenvalue weighted by atomic mass is 32.2. The molecule has 4 aromatic rings. The van der Waals surface area contributed by atoms with Crippen LogP contribution in [0.3, 0.4) is 0 Å². The van der Waals surface area contributed by atoms with Gasteiger partial charge in [-0.1, -0.05) is 91.0 Å². The van der Waals surface area contributed by atoms with Crippen LogP contribution in [0.1, 0.15) is 36.5 Å². The van der Waals surface area contributed by atoms with E-state index in [2.05, 4.69) is 58.2 Å². The van der Waals surface area contributed by atoms with Gasteiger partial charge >= 0.3 is 0 Å². The molecule has 0 spiro atoms. The quantitative estimate of drug-likeness (QED) is 0.201. The average Bonchev–Trinajstić information content (AvgIpc) is 3.01. The molecule has 1 aliphatic heterocycles. The zero-order chi connectivity index (χ0) is 27.6. The fraction of sp³-hybridized carbons (Fsp3) is 0.273. The van der Waals surface area contributed by atoms with Crippen molar-refractivity contribution in [2.45, 2.75) is 36.4 Å². The molecule has 5 rings (SSSR count). The van der Waals surface area contributed by atoms with E-state index in [0.29, 0.717) is 18.0 Å². The molecular formula is C33H36N2O4S. The van der Waals surface area contributed by atoms with Crippen LogP contribution in [0.4, 0.5) is 5.69 Å². The minimum Gasteiger partial charge on any atom is -0.491 e. The summed E-state index contributed by atoms with van der Waals surface area (Å²) in [6.45, 7) is 3.39. The predicted octanol–water partition coefficient (Wildman–Crippen LogP) is 6.53. The molecule has 0 radical (unpaired) electrons. The molecule has 1 fully saturated rings. The maximum absolute atomic E-state index is 12.8. The first-order valence-corrected chi connectivity index (χ1v) is 15.3. The van der Waals surface area contributed by atoms with Crippen LogP contribution < -0.4 is 9.46 Å². The Balaban J connectivity index is 1.09. The van der Waals surface area contributed by atoms with E-state index in [-0.39, 0.29) is 17.1 Å².